The van der Waals surface area contributed by atoms with Crippen LogP contribution in [-0.2, 0) is 13.0 Å². The van der Waals surface area contributed by atoms with Gasteiger partial charge in [0.25, 0.3) is 0 Å². The summed E-state index contributed by atoms with van der Waals surface area (Å²) in [6, 6.07) is 16.6. The molecule has 0 aromatic heterocycles. The topological polar surface area (TPSA) is 29.3 Å². The quantitative estimate of drug-likeness (QED) is 0.905. The zero-order valence-electron chi connectivity index (χ0n) is 12.0. The van der Waals surface area contributed by atoms with Crippen LogP contribution in [0.1, 0.15) is 18.1 Å². The van der Waals surface area contributed by atoms with Crippen molar-refractivity contribution >= 4 is 17.3 Å². The molecular weight excluding hydrogens is 268 g/mol. The molecule has 2 nitrogen and oxygen atoms in total. The van der Waals surface area contributed by atoms with E-state index in [2.05, 4.69) is 42.3 Å². The van der Waals surface area contributed by atoms with Crippen molar-refractivity contribution in [2.45, 2.75) is 25.9 Å². The third-order valence-corrected chi connectivity index (χ3v) is 3.49. The highest BCUT2D eigenvalue weighted by molar-refractivity contribution is 6.30. The summed E-state index contributed by atoms with van der Waals surface area (Å²) in [6.07, 6.45) is 0.885. The van der Waals surface area contributed by atoms with Crippen molar-refractivity contribution < 1.29 is 0 Å². The molecular formula is C17H21ClN2. The Balaban J connectivity index is 2.18. The molecule has 0 radical (unpaired) electrons. The fourth-order valence-corrected chi connectivity index (χ4v) is 2.61. The van der Waals surface area contributed by atoms with Gasteiger partial charge in [-0.1, -0.05) is 41.9 Å². The predicted octanol–water partition coefficient (Wildman–Crippen LogP) is 3.87. The molecule has 0 spiro atoms. The van der Waals surface area contributed by atoms with E-state index in [1.165, 1.54) is 16.8 Å². The molecule has 0 saturated carbocycles. The first-order valence-corrected chi connectivity index (χ1v) is 7.23. The molecule has 2 N–H and O–H groups in total. The van der Waals surface area contributed by atoms with Gasteiger partial charge >= 0.3 is 0 Å². The summed E-state index contributed by atoms with van der Waals surface area (Å²) in [4.78, 5) is 2.24. The SMILES string of the molecule is CC(N)Cc1ccccc1N(C)Cc1cccc(Cl)c1. The zero-order valence-corrected chi connectivity index (χ0v) is 12.8. The van der Waals surface area contributed by atoms with Crippen molar-refractivity contribution in [1.29, 1.82) is 0 Å². The number of benzene rings is 2. The lowest BCUT2D eigenvalue weighted by Crippen LogP contribution is -2.22. The van der Waals surface area contributed by atoms with Crippen molar-refractivity contribution in [3.05, 3.63) is 64.7 Å². The van der Waals surface area contributed by atoms with Gasteiger partial charge in [0.1, 0.15) is 0 Å². The standard InChI is InChI=1S/C17H21ClN2/c1-13(19)10-15-7-3-4-9-17(15)20(2)12-14-6-5-8-16(18)11-14/h3-9,11,13H,10,12,19H2,1-2H3. The average molecular weight is 289 g/mol. The van der Waals surface area contributed by atoms with Crippen LogP contribution in [0.25, 0.3) is 0 Å². The highest BCUT2D eigenvalue weighted by Crippen LogP contribution is 2.23. The van der Waals surface area contributed by atoms with E-state index in [0.29, 0.717) is 0 Å². The molecule has 0 amide bonds. The van der Waals surface area contributed by atoms with Crippen LogP contribution >= 0.6 is 11.6 Å². The summed E-state index contributed by atoms with van der Waals surface area (Å²) >= 11 is 6.04. The van der Waals surface area contributed by atoms with E-state index in [4.69, 9.17) is 17.3 Å². The summed E-state index contributed by atoms with van der Waals surface area (Å²) in [7, 11) is 2.10. The first-order chi connectivity index (χ1) is 9.56. The minimum absolute atomic E-state index is 0.163. The van der Waals surface area contributed by atoms with Crippen LogP contribution in [0.5, 0.6) is 0 Å². The molecule has 0 bridgehead atoms. The maximum Gasteiger partial charge on any atom is 0.0426 e. The van der Waals surface area contributed by atoms with Crippen molar-refractivity contribution in [2.24, 2.45) is 5.73 Å². The van der Waals surface area contributed by atoms with E-state index in [1.807, 2.05) is 25.1 Å². The Morgan fingerprint density at radius 2 is 1.90 bits per heavy atom. The molecule has 0 heterocycles. The minimum Gasteiger partial charge on any atom is -0.370 e. The molecule has 2 aromatic carbocycles. The van der Waals surface area contributed by atoms with Crippen LogP contribution < -0.4 is 10.6 Å². The van der Waals surface area contributed by atoms with E-state index in [1.54, 1.807) is 0 Å². The average Bonchev–Trinajstić information content (AvgIpc) is 2.38. The second-order valence-corrected chi connectivity index (χ2v) is 5.73. The van der Waals surface area contributed by atoms with Gasteiger partial charge in [-0.3, -0.25) is 0 Å². The smallest absolute Gasteiger partial charge is 0.0426 e. The number of rotatable bonds is 5. The number of halogens is 1. The molecule has 0 aliphatic rings. The fraction of sp³-hybridized carbons (Fsp3) is 0.294. The van der Waals surface area contributed by atoms with E-state index in [9.17, 15) is 0 Å². The monoisotopic (exact) mass is 288 g/mol. The van der Waals surface area contributed by atoms with Gasteiger partial charge < -0.3 is 10.6 Å². The maximum absolute atomic E-state index is 6.04. The van der Waals surface area contributed by atoms with E-state index in [0.717, 1.165) is 18.0 Å². The van der Waals surface area contributed by atoms with Crippen molar-refractivity contribution in [2.75, 3.05) is 11.9 Å². The molecule has 1 unspecified atom stereocenters. The Kier molecular flexibility index (Phi) is 5.05. The summed E-state index contributed by atoms with van der Waals surface area (Å²) in [6.45, 7) is 2.87. The van der Waals surface area contributed by atoms with Crippen molar-refractivity contribution in [1.82, 2.24) is 0 Å². The predicted molar refractivity (Wildman–Crippen MR) is 87.4 cm³/mol. The highest BCUT2D eigenvalue weighted by atomic mass is 35.5. The highest BCUT2D eigenvalue weighted by Gasteiger charge is 2.09. The van der Waals surface area contributed by atoms with Crippen molar-refractivity contribution in [3.8, 4) is 0 Å². The molecule has 106 valence electrons. The molecule has 1 atom stereocenters. The van der Waals surface area contributed by atoms with E-state index in [-0.39, 0.29) is 6.04 Å². The lowest BCUT2D eigenvalue weighted by Gasteiger charge is -2.23. The number of hydrogen-bond acceptors (Lipinski definition) is 2. The third kappa shape index (κ3) is 3.99. The Hall–Kier alpha value is -1.51. The Labute approximate surface area is 126 Å². The first kappa shape index (κ1) is 14.9. The molecule has 2 aromatic rings. The lowest BCUT2D eigenvalue weighted by atomic mass is 10.0. The molecule has 20 heavy (non-hydrogen) atoms. The minimum atomic E-state index is 0.163. The lowest BCUT2D eigenvalue weighted by molar-refractivity contribution is 0.734. The van der Waals surface area contributed by atoms with E-state index < -0.39 is 0 Å². The first-order valence-electron chi connectivity index (χ1n) is 6.85. The van der Waals surface area contributed by atoms with Crippen molar-refractivity contribution in [3.63, 3.8) is 0 Å². The van der Waals surface area contributed by atoms with Gasteiger partial charge in [0.2, 0.25) is 0 Å². The number of hydrogen-bond donors (Lipinski definition) is 1. The number of para-hydroxylation sites is 1. The second-order valence-electron chi connectivity index (χ2n) is 5.30. The van der Waals surface area contributed by atoms with Crippen LogP contribution in [0, 0.1) is 0 Å². The number of nitrogens with two attached hydrogens (primary N) is 1. The normalized spacial score (nSPS) is 12.2. The van der Waals surface area contributed by atoms with Gasteiger partial charge in [0, 0.05) is 30.3 Å². The van der Waals surface area contributed by atoms with Crippen LogP contribution in [0.2, 0.25) is 5.02 Å². The van der Waals surface area contributed by atoms with Crippen LogP contribution in [0.3, 0.4) is 0 Å². The number of anilines is 1. The van der Waals surface area contributed by atoms with E-state index >= 15 is 0 Å². The summed E-state index contributed by atoms with van der Waals surface area (Å²) in [5, 5.41) is 0.778. The largest absolute Gasteiger partial charge is 0.370 e. The third-order valence-electron chi connectivity index (χ3n) is 3.25. The summed E-state index contributed by atoms with van der Waals surface area (Å²) < 4.78 is 0. The van der Waals surface area contributed by atoms with Crippen LogP contribution in [0.15, 0.2) is 48.5 Å². The van der Waals surface area contributed by atoms with Gasteiger partial charge in [-0.2, -0.15) is 0 Å². The van der Waals surface area contributed by atoms with Gasteiger partial charge in [0.15, 0.2) is 0 Å². The zero-order chi connectivity index (χ0) is 14.5. The van der Waals surface area contributed by atoms with Crippen LogP contribution in [0.4, 0.5) is 5.69 Å². The Morgan fingerprint density at radius 1 is 1.15 bits per heavy atom. The Morgan fingerprint density at radius 3 is 2.60 bits per heavy atom. The fourth-order valence-electron chi connectivity index (χ4n) is 2.40. The maximum atomic E-state index is 6.04. The van der Waals surface area contributed by atoms with Gasteiger partial charge in [-0.15, -0.1) is 0 Å². The number of nitrogens with zero attached hydrogens (tertiary/aromatic N) is 1. The summed E-state index contributed by atoms with van der Waals surface area (Å²) in [5.74, 6) is 0. The van der Waals surface area contributed by atoms with Gasteiger partial charge in [-0.05, 0) is 42.7 Å². The van der Waals surface area contributed by atoms with Gasteiger partial charge in [-0.25, -0.2) is 0 Å². The van der Waals surface area contributed by atoms with Crippen LogP contribution in [-0.4, -0.2) is 13.1 Å². The van der Waals surface area contributed by atoms with Gasteiger partial charge in [0.05, 0.1) is 0 Å². The Bertz CT molecular complexity index is 566. The second kappa shape index (κ2) is 6.78. The molecule has 0 aliphatic carbocycles. The molecule has 0 fully saturated rings. The molecule has 2 rings (SSSR count). The molecule has 0 saturated heterocycles. The molecule has 3 heteroatoms. The molecule has 0 aliphatic heterocycles. The summed E-state index contributed by atoms with van der Waals surface area (Å²) in [5.41, 5.74) is 9.65.